The first-order valence-electron chi connectivity index (χ1n) is 10.2. The van der Waals surface area contributed by atoms with E-state index in [-0.39, 0.29) is 12.5 Å². The lowest BCUT2D eigenvalue weighted by molar-refractivity contribution is -0.123. The van der Waals surface area contributed by atoms with Gasteiger partial charge in [-0.15, -0.1) is 0 Å². The molecule has 0 N–H and O–H groups in total. The molecule has 1 aromatic heterocycles. The highest BCUT2D eigenvalue weighted by molar-refractivity contribution is 8.03. The number of rotatable bonds is 7. The number of benzene rings is 2. The predicted molar refractivity (Wildman–Crippen MR) is 127 cm³/mol. The van der Waals surface area contributed by atoms with Crippen molar-refractivity contribution in [2.24, 2.45) is 0 Å². The van der Waals surface area contributed by atoms with E-state index < -0.39 is 16.6 Å². The first kappa shape index (κ1) is 23.4. The maximum Gasteiger partial charge on any atom is 0.332 e. The predicted octanol–water partition coefficient (Wildman–Crippen LogP) is 5.20. The molecule has 0 spiro atoms. The van der Waals surface area contributed by atoms with Gasteiger partial charge >= 0.3 is 11.0 Å². The molecule has 172 valence electrons. The van der Waals surface area contributed by atoms with Crippen LogP contribution < -0.4 is 4.90 Å². The molecule has 3 aromatic rings. The standard InChI is InChI=1S/C23H23F2N4O2PS/c1-22(2)20(30)29(17-8-10-18(11-9-17)33-23(24,25)32)21(31)28(22)15-19-26-12-13-27(19)14-16-6-4-3-5-7-16/h3-13H,14-15,32H2,1-2H3. The molecule has 0 bridgehead atoms. The number of urea groups is 1. The molecule has 1 atom stereocenters. The first-order chi connectivity index (χ1) is 15.6. The highest BCUT2D eigenvalue weighted by Gasteiger charge is 2.52. The fraction of sp³-hybridized carbons (Fsp3) is 0.261. The average molecular weight is 489 g/mol. The quantitative estimate of drug-likeness (QED) is 0.261. The van der Waals surface area contributed by atoms with Gasteiger partial charge in [0.25, 0.3) is 5.91 Å². The number of carbonyl (C=O) groups is 2. The Morgan fingerprint density at radius 3 is 2.33 bits per heavy atom. The molecule has 2 heterocycles. The van der Waals surface area contributed by atoms with E-state index in [2.05, 4.69) is 4.98 Å². The molecule has 0 radical (unpaired) electrons. The van der Waals surface area contributed by atoms with Crippen LogP contribution in [-0.4, -0.2) is 36.9 Å². The SMILES string of the molecule is CC1(C)C(=O)N(c2ccc(SC(F)(F)P)cc2)C(=O)N1Cc1nccn1Cc1ccccc1. The molecule has 0 aliphatic carbocycles. The fourth-order valence-corrected chi connectivity index (χ4v) is 4.70. The van der Waals surface area contributed by atoms with Crippen LogP contribution in [0.5, 0.6) is 0 Å². The van der Waals surface area contributed by atoms with Crippen molar-refractivity contribution in [3.63, 3.8) is 0 Å². The maximum atomic E-state index is 13.3. The van der Waals surface area contributed by atoms with E-state index in [0.717, 1.165) is 10.5 Å². The van der Waals surface area contributed by atoms with Crippen LogP contribution in [0.15, 0.2) is 71.9 Å². The van der Waals surface area contributed by atoms with Gasteiger partial charge in [0.05, 0.1) is 12.2 Å². The minimum Gasteiger partial charge on any atom is -0.329 e. The van der Waals surface area contributed by atoms with Crippen LogP contribution in [0.3, 0.4) is 0 Å². The Morgan fingerprint density at radius 1 is 1.03 bits per heavy atom. The summed E-state index contributed by atoms with van der Waals surface area (Å²) in [6, 6.07) is 15.4. The zero-order valence-electron chi connectivity index (χ0n) is 18.1. The van der Waals surface area contributed by atoms with Crippen molar-refractivity contribution in [2.45, 2.75) is 42.4 Å². The summed E-state index contributed by atoms with van der Waals surface area (Å²) in [5.74, 6) is 0.273. The second-order valence-electron chi connectivity index (χ2n) is 8.18. The van der Waals surface area contributed by atoms with Crippen molar-refractivity contribution in [1.82, 2.24) is 14.5 Å². The summed E-state index contributed by atoms with van der Waals surface area (Å²) in [7, 11) is 1.48. The molecule has 6 nitrogen and oxygen atoms in total. The third-order valence-electron chi connectivity index (χ3n) is 5.47. The Bertz CT molecular complexity index is 1160. The van der Waals surface area contributed by atoms with Gasteiger partial charge in [-0.25, -0.2) is 14.7 Å². The number of halogens is 2. The van der Waals surface area contributed by atoms with E-state index in [1.165, 1.54) is 38.4 Å². The van der Waals surface area contributed by atoms with E-state index in [4.69, 9.17) is 0 Å². The minimum absolute atomic E-state index is 0.154. The summed E-state index contributed by atoms with van der Waals surface area (Å²) >= 11 is 0.379. The van der Waals surface area contributed by atoms with E-state index in [1.807, 2.05) is 41.1 Å². The molecule has 1 aliphatic rings. The summed E-state index contributed by atoms with van der Waals surface area (Å²) in [5.41, 5.74) is 0.335. The van der Waals surface area contributed by atoms with Gasteiger partial charge in [0.1, 0.15) is 11.4 Å². The Kier molecular flexibility index (Phi) is 6.29. The summed E-state index contributed by atoms with van der Waals surface area (Å²) in [4.78, 5) is 30.8. The summed E-state index contributed by atoms with van der Waals surface area (Å²) in [6.07, 6.45) is 3.51. The topological polar surface area (TPSA) is 58.4 Å². The molecule has 2 aromatic carbocycles. The Hall–Kier alpha value is -2.77. The van der Waals surface area contributed by atoms with Gasteiger partial charge in [-0.2, -0.15) is 8.78 Å². The number of carbonyl (C=O) groups excluding carboxylic acids is 2. The third-order valence-corrected chi connectivity index (χ3v) is 6.60. The molecule has 33 heavy (non-hydrogen) atoms. The zero-order chi connectivity index (χ0) is 23.8. The largest absolute Gasteiger partial charge is 0.332 e. The van der Waals surface area contributed by atoms with Crippen LogP contribution in [-0.2, 0) is 17.9 Å². The lowest BCUT2D eigenvalue weighted by Gasteiger charge is -2.27. The second-order valence-corrected chi connectivity index (χ2v) is 10.5. The number of imidazole rings is 1. The number of anilines is 1. The van der Waals surface area contributed by atoms with Gasteiger partial charge in [-0.05, 0) is 64.7 Å². The van der Waals surface area contributed by atoms with Gasteiger partial charge in [0.15, 0.2) is 0 Å². The number of alkyl halides is 2. The van der Waals surface area contributed by atoms with Crippen molar-refractivity contribution in [3.8, 4) is 0 Å². The first-order valence-corrected chi connectivity index (χ1v) is 11.6. The maximum absolute atomic E-state index is 13.3. The van der Waals surface area contributed by atoms with Crippen molar-refractivity contribution < 1.29 is 18.4 Å². The molecule has 10 heteroatoms. The molecule has 1 aliphatic heterocycles. The average Bonchev–Trinajstić information content (AvgIpc) is 3.25. The van der Waals surface area contributed by atoms with Gasteiger partial charge in [-0.1, -0.05) is 30.3 Å². The number of amides is 3. The van der Waals surface area contributed by atoms with Crippen LogP contribution in [0.1, 0.15) is 25.2 Å². The number of imide groups is 1. The second kappa shape index (κ2) is 8.88. The molecule has 0 saturated carbocycles. The Morgan fingerprint density at radius 2 is 1.70 bits per heavy atom. The van der Waals surface area contributed by atoms with Crippen LogP contribution >= 0.6 is 21.0 Å². The highest BCUT2D eigenvalue weighted by atomic mass is 32.2. The Labute approximate surface area is 197 Å². The fourth-order valence-electron chi connectivity index (χ4n) is 3.71. The van der Waals surface area contributed by atoms with Gasteiger partial charge in [-0.3, -0.25) is 4.79 Å². The van der Waals surface area contributed by atoms with Crippen LogP contribution in [0.4, 0.5) is 19.3 Å². The minimum atomic E-state index is -3.00. The van der Waals surface area contributed by atoms with E-state index in [1.54, 1.807) is 20.0 Å². The molecule has 1 fully saturated rings. The normalized spacial score (nSPS) is 16.0. The lowest BCUT2D eigenvalue weighted by atomic mass is 10.0. The zero-order valence-corrected chi connectivity index (χ0v) is 20.1. The van der Waals surface area contributed by atoms with E-state index in [0.29, 0.717) is 34.7 Å². The smallest absolute Gasteiger partial charge is 0.329 e. The molecule has 1 saturated heterocycles. The van der Waals surface area contributed by atoms with Gasteiger partial charge < -0.3 is 9.47 Å². The van der Waals surface area contributed by atoms with Crippen molar-refractivity contribution in [3.05, 3.63) is 78.4 Å². The Balaban J connectivity index is 1.56. The molecule has 4 rings (SSSR count). The van der Waals surface area contributed by atoms with Crippen molar-refractivity contribution in [1.29, 1.82) is 0 Å². The van der Waals surface area contributed by atoms with Crippen molar-refractivity contribution in [2.75, 3.05) is 4.90 Å². The third kappa shape index (κ3) is 4.94. The molecule has 1 unspecified atom stereocenters. The van der Waals surface area contributed by atoms with Crippen LogP contribution in [0.25, 0.3) is 0 Å². The molecule has 3 amide bonds. The number of hydrogen-bond acceptors (Lipinski definition) is 4. The number of hydrogen-bond donors (Lipinski definition) is 0. The van der Waals surface area contributed by atoms with Gasteiger partial charge in [0, 0.05) is 23.8 Å². The summed E-state index contributed by atoms with van der Waals surface area (Å²) in [6.45, 7) is 4.13. The van der Waals surface area contributed by atoms with E-state index in [9.17, 15) is 18.4 Å². The van der Waals surface area contributed by atoms with Crippen LogP contribution in [0.2, 0.25) is 0 Å². The number of thioether (sulfide) groups is 1. The van der Waals surface area contributed by atoms with E-state index >= 15 is 0 Å². The highest BCUT2D eigenvalue weighted by Crippen LogP contribution is 2.42. The lowest BCUT2D eigenvalue weighted by Crippen LogP contribution is -2.44. The number of aromatic nitrogens is 2. The molecular weight excluding hydrogens is 465 g/mol. The molecular formula is C23H23F2N4O2PS. The van der Waals surface area contributed by atoms with Gasteiger partial charge in [0.2, 0.25) is 0 Å². The summed E-state index contributed by atoms with van der Waals surface area (Å²) < 4.78 is 28.4. The summed E-state index contributed by atoms with van der Waals surface area (Å²) in [5, 5.41) is 0. The monoisotopic (exact) mass is 488 g/mol. The number of nitrogens with zero attached hydrogens (tertiary/aromatic N) is 4. The van der Waals surface area contributed by atoms with Crippen LogP contribution in [0, 0.1) is 0 Å². The van der Waals surface area contributed by atoms with Crippen molar-refractivity contribution >= 4 is 38.6 Å².